The average Bonchev–Trinajstić information content (AvgIpc) is 2.96. The molecule has 0 aromatic heterocycles. The number of halogens is 6. The van der Waals surface area contributed by atoms with Gasteiger partial charge in [-0.3, -0.25) is 4.79 Å². The van der Waals surface area contributed by atoms with Crippen molar-refractivity contribution in [2.75, 3.05) is 26.2 Å². The Morgan fingerprint density at radius 3 is 1.86 bits per heavy atom. The Hall–Kier alpha value is -4.54. The lowest BCUT2D eigenvalue weighted by molar-refractivity contribution is -0.536. The predicted octanol–water partition coefficient (Wildman–Crippen LogP) is 6.97. The van der Waals surface area contributed by atoms with Gasteiger partial charge in [-0.15, -0.1) is 0 Å². The molecule has 2 aliphatic heterocycles. The van der Waals surface area contributed by atoms with E-state index < -0.39 is 7.25 Å². The second-order valence-electron chi connectivity index (χ2n) is 9.54. The predicted molar refractivity (Wildman–Crippen MR) is 152 cm³/mol. The molecule has 3 aliphatic rings. The van der Waals surface area contributed by atoms with Crippen molar-refractivity contribution in [2.24, 2.45) is 0 Å². The first-order valence-corrected chi connectivity index (χ1v) is 13.1. The van der Waals surface area contributed by atoms with E-state index in [0.29, 0.717) is 11.5 Å². The Balaban J connectivity index is 0.000000748. The number of amides is 1. The van der Waals surface area contributed by atoms with Crippen LogP contribution in [0.2, 0.25) is 0 Å². The second kappa shape index (κ2) is 13.4. The maximum absolute atomic E-state index is 13.5. The molecular weight excluding hydrogens is 557 g/mol. The summed E-state index contributed by atoms with van der Waals surface area (Å²) >= 11 is 0. The molecule has 0 unspecified atom stereocenters. The van der Waals surface area contributed by atoms with Crippen molar-refractivity contribution in [3.05, 3.63) is 131 Å². The molecule has 1 amide bonds. The standard InChI is InChI=1S/C31H27F2N2O2.BF4/c1-22(36)34-16-18-35(19-17-34)29-13-2-23(3-14-29)4-15-30-20-26(24-5-9-27(32)10-6-24)21-31(37-30)25-7-11-28(33)12-8-25;2-1(3,4)5/h2-15,20-21H,16-19H2,1H3;/q+1;-1. The number of carbonyl (C=O) groups excluding carboxylic acids is 1. The van der Waals surface area contributed by atoms with Crippen molar-refractivity contribution >= 4 is 30.2 Å². The number of nitrogens with zero attached hydrogens (tertiary/aromatic N) is 2. The Labute approximate surface area is 239 Å². The quantitative estimate of drug-likeness (QED) is 0.222. The molecule has 1 saturated heterocycles. The van der Waals surface area contributed by atoms with E-state index in [4.69, 9.17) is 4.74 Å². The Bertz CT molecular complexity index is 1500. The smallest absolute Gasteiger partial charge is 0.457 e. The van der Waals surface area contributed by atoms with Gasteiger partial charge in [0.15, 0.2) is 18.8 Å². The van der Waals surface area contributed by atoms with Gasteiger partial charge in [-0.25, -0.2) is 13.4 Å². The summed E-state index contributed by atoms with van der Waals surface area (Å²) in [6, 6.07) is 12.4. The van der Waals surface area contributed by atoms with E-state index in [1.165, 1.54) is 24.3 Å². The topological polar surface area (TPSA) is 32.5 Å². The number of benzene rings is 2. The number of rotatable bonds is 3. The average molecular weight is 584 g/mol. The molecule has 5 rings (SSSR count). The van der Waals surface area contributed by atoms with Gasteiger partial charge in [-0.05, 0) is 83.5 Å². The summed E-state index contributed by atoms with van der Waals surface area (Å²) < 4.78 is 74.4. The Morgan fingerprint density at radius 1 is 0.810 bits per heavy atom. The van der Waals surface area contributed by atoms with Crippen molar-refractivity contribution in [3.63, 3.8) is 0 Å². The van der Waals surface area contributed by atoms with Crippen LogP contribution < -0.4 is 0 Å². The molecule has 0 radical (unpaired) electrons. The zero-order chi connectivity index (χ0) is 30.3. The van der Waals surface area contributed by atoms with Crippen molar-refractivity contribution < 1.29 is 40.2 Å². The van der Waals surface area contributed by atoms with Gasteiger partial charge in [0.2, 0.25) is 5.91 Å². The highest BCUT2D eigenvalue weighted by Crippen LogP contribution is 2.32. The number of allylic oxidation sites excluding steroid dienone is 10. The van der Waals surface area contributed by atoms with Crippen LogP contribution in [-0.2, 0) is 9.53 Å². The van der Waals surface area contributed by atoms with Gasteiger partial charge in [-0.2, -0.15) is 0 Å². The van der Waals surface area contributed by atoms with Crippen molar-refractivity contribution in [2.45, 2.75) is 6.92 Å². The van der Waals surface area contributed by atoms with E-state index in [1.54, 1.807) is 31.2 Å². The third-order valence-electron chi connectivity index (χ3n) is 6.54. The number of hydrogen-bond acceptors (Lipinski definition) is 2. The first kappa shape index (κ1) is 30.4. The van der Waals surface area contributed by atoms with E-state index in [2.05, 4.69) is 16.7 Å². The molecule has 0 N–H and O–H groups in total. The molecule has 0 spiro atoms. The molecule has 2 aromatic carbocycles. The van der Waals surface area contributed by atoms with E-state index >= 15 is 0 Å². The van der Waals surface area contributed by atoms with Gasteiger partial charge in [0.1, 0.15) is 23.2 Å². The minimum Gasteiger partial charge on any atom is -0.457 e. The third-order valence-corrected chi connectivity index (χ3v) is 6.54. The van der Waals surface area contributed by atoms with Crippen LogP contribution in [0.15, 0.2) is 108 Å². The molecule has 1 fully saturated rings. The monoisotopic (exact) mass is 584 g/mol. The molecule has 2 heterocycles. The van der Waals surface area contributed by atoms with Crippen molar-refractivity contribution in [3.8, 4) is 0 Å². The number of piperazine rings is 1. The fourth-order valence-electron chi connectivity index (χ4n) is 4.42. The highest BCUT2D eigenvalue weighted by Gasteiger charge is 2.23. The van der Waals surface area contributed by atoms with Crippen LogP contribution >= 0.6 is 0 Å². The molecule has 4 nitrogen and oxygen atoms in total. The van der Waals surface area contributed by atoms with Crippen LogP contribution in [0, 0.1) is 11.6 Å². The maximum Gasteiger partial charge on any atom is 0.673 e. The molecule has 0 atom stereocenters. The van der Waals surface area contributed by atoms with E-state index in [9.17, 15) is 30.8 Å². The van der Waals surface area contributed by atoms with Crippen LogP contribution in [0.4, 0.5) is 26.0 Å². The molecule has 218 valence electrons. The highest BCUT2D eigenvalue weighted by atomic mass is 19.5. The molecule has 0 saturated carbocycles. The lowest BCUT2D eigenvalue weighted by atomic mass is 10.00. The molecule has 2 aromatic rings. The van der Waals surface area contributed by atoms with Gasteiger partial charge in [0.25, 0.3) is 0 Å². The first-order chi connectivity index (χ1) is 19.9. The van der Waals surface area contributed by atoms with E-state index in [0.717, 1.165) is 54.2 Å². The van der Waals surface area contributed by atoms with Crippen LogP contribution in [0.5, 0.6) is 0 Å². The lowest BCUT2D eigenvalue weighted by Crippen LogP contribution is -2.45. The maximum atomic E-state index is 13.5. The zero-order valence-electron chi connectivity index (χ0n) is 22.6. The van der Waals surface area contributed by atoms with Crippen LogP contribution in [-0.4, -0.2) is 54.5 Å². The number of ether oxygens (including phenoxy) is 1. The van der Waals surface area contributed by atoms with Crippen LogP contribution in [0.3, 0.4) is 0 Å². The summed E-state index contributed by atoms with van der Waals surface area (Å²) in [4.78, 5) is 13.4. The van der Waals surface area contributed by atoms with Gasteiger partial charge in [0.05, 0.1) is 13.1 Å². The fraction of sp³-hybridized carbons (Fsp3) is 0.161. The minimum absolute atomic E-state index is 0.122. The minimum atomic E-state index is -6.00. The third kappa shape index (κ3) is 8.99. The fourth-order valence-corrected chi connectivity index (χ4v) is 4.42. The van der Waals surface area contributed by atoms with E-state index in [1.807, 2.05) is 41.4 Å². The number of carbonyl (C=O) groups is 1. The molecular formula is C31H27BF6N2O2. The summed E-state index contributed by atoms with van der Waals surface area (Å²) in [5.74, 6) is 0.707. The highest BCUT2D eigenvalue weighted by molar-refractivity contribution is 6.50. The zero-order valence-corrected chi connectivity index (χ0v) is 22.6. The van der Waals surface area contributed by atoms with Gasteiger partial charge in [-0.1, -0.05) is 18.2 Å². The molecule has 42 heavy (non-hydrogen) atoms. The summed E-state index contributed by atoms with van der Waals surface area (Å²) in [5, 5.41) is 0. The normalized spacial score (nSPS) is 17.7. The van der Waals surface area contributed by atoms with Crippen LogP contribution in [0.25, 0.3) is 11.3 Å². The summed E-state index contributed by atoms with van der Waals surface area (Å²) in [7, 11) is -6.00. The molecule has 1 aliphatic carbocycles. The molecule has 11 heteroatoms. The SMILES string of the molecule is CC(=O)N1CC[N+](=C2C=CC(=CC=C3C=C(c4ccc(F)cc4)C=C(c4ccc(F)cc4)O3)C=C2)CC1.F[B-](F)(F)F. The van der Waals surface area contributed by atoms with Crippen molar-refractivity contribution in [1.29, 1.82) is 0 Å². The van der Waals surface area contributed by atoms with Crippen LogP contribution in [0.1, 0.15) is 18.1 Å². The first-order valence-electron chi connectivity index (χ1n) is 13.1. The summed E-state index contributed by atoms with van der Waals surface area (Å²) in [5.41, 5.74) is 4.60. The second-order valence-corrected chi connectivity index (χ2v) is 9.54. The van der Waals surface area contributed by atoms with Gasteiger partial charge >= 0.3 is 7.25 Å². The Morgan fingerprint density at radius 2 is 1.33 bits per heavy atom. The van der Waals surface area contributed by atoms with E-state index in [-0.39, 0.29) is 17.5 Å². The largest absolute Gasteiger partial charge is 0.673 e. The Kier molecular flexibility index (Phi) is 9.72. The van der Waals surface area contributed by atoms with Crippen molar-refractivity contribution in [1.82, 2.24) is 4.90 Å². The molecule has 0 bridgehead atoms. The summed E-state index contributed by atoms with van der Waals surface area (Å²) in [6.45, 7) is 4.71. The lowest BCUT2D eigenvalue weighted by Gasteiger charge is -2.24. The van der Waals surface area contributed by atoms with Gasteiger partial charge < -0.3 is 26.9 Å². The summed E-state index contributed by atoms with van der Waals surface area (Å²) in [6.07, 6.45) is 15.9. The van der Waals surface area contributed by atoms with Gasteiger partial charge in [0, 0.05) is 24.6 Å². The number of hydrogen-bond donors (Lipinski definition) is 0.